The molecule has 158 valence electrons. The van der Waals surface area contributed by atoms with Gasteiger partial charge in [0.15, 0.2) is 0 Å². The molecule has 0 bridgehead atoms. The van der Waals surface area contributed by atoms with Crippen LogP contribution >= 0.6 is 0 Å². The maximum atomic E-state index is 13.0. The van der Waals surface area contributed by atoms with Crippen molar-refractivity contribution in [2.45, 2.75) is 47.8 Å². The van der Waals surface area contributed by atoms with E-state index in [4.69, 9.17) is 5.11 Å². The predicted octanol–water partition coefficient (Wildman–Crippen LogP) is 4.95. The molecular formula is C8HF17O. The molecule has 0 aromatic rings. The van der Waals surface area contributed by atoms with E-state index in [1.54, 1.807) is 0 Å². The van der Waals surface area contributed by atoms with Crippen molar-refractivity contribution in [3.63, 3.8) is 0 Å². The minimum atomic E-state index is -8.80. The first-order valence-electron chi connectivity index (χ1n) is 5.19. The van der Waals surface area contributed by atoms with Gasteiger partial charge in [-0.1, -0.05) is 0 Å². The van der Waals surface area contributed by atoms with Gasteiger partial charge in [0.1, 0.15) is 0 Å². The van der Waals surface area contributed by atoms with E-state index in [9.17, 15) is 74.6 Å². The van der Waals surface area contributed by atoms with Gasteiger partial charge >= 0.3 is 47.8 Å². The largest absolute Gasteiger partial charge is 0.438 e. The molecule has 0 saturated carbocycles. The molecule has 18 heteroatoms. The number of aliphatic hydroxyl groups is 1. The maximum Gasteiger partial charge on any atom is 0.438 e. The summed E-state index contributed by atoms with van der Waals surface area (Å²) in [6, 6.07) is 0. The summed E-state index contributed by atoms with van der Waals surface area (Å²) in [4.78, 5) is 0. The number of hydrogen-bond donors (Lipinski definition) is 1. The number of rotatable bonds is 5. The molecule has 26 heavy (non-hydrogen) atoms. The van der Waals surface area contributed by atoms with Crippen LogP contribution in [0.1, 0.15) is 0 Å². The lowest BCUT2D eigenvalue weighted by Crippen LogP contribution is -2.76. The van der Waals surface area contributed by atoms with Crippen LogP contribution in [0.15, 0.2) is 0 Å². The third kappa shape index (κ3) is 2.83. The Morgan fingerprint density at radius 2 is 0.577 bits per heavy atom. The lowest BCUT2D eigenvalue weighted by Gasteiger charge is -2.43. The van der Waals surface area contributed by atoms with Gasteiger partial charge in [-0.05, 0) is 0 Å². The van der Waals surface area contributed by atoms with Crippen molar-refractivity contribution in [3.05, 3.63) is 0 Å². The van der Waals surface area contributed by atoms with E-state index >= 15 is 0 Å². The zero-order chi connectivity index (χ0) is 22.0. The Morgan fingerprint density at radius 3 is 0.769 bits per heavy atom. The molecule has 0 rings (SSSR count). The van der Waals surface area contributed by atoms with Gasteiger partial charge in [-0.15, -0.1) is 0 Å². The fourth-order valence-electron chi connectivity index (χ4n) is 1.32. The van der Waals surface area contributed by atoms with E-state index in [2.05, 4.69) is 0 Å². The Hall–Kier alpha value is -1.23. The van der Waals surface area contributed by atoms with Crippen molar-refractivity contribution in [1.82, 2.24) is 0 Å². The summed E-state index contributed by atoms with van der Waals surface area (Å²) >= 11 is 0. The quantitative estimate of drug-likeness (QED) is 0.606. The summed E-state index contributed by atoms with van der Waals surface area (Å²) in [6.45, 7) is 0. The highest BCUT2D eigenvalue weighted by Gasteiger charge is 2.97. The smallest absolute Gasteiger partial charge is 0.331 e. The van der Waals surface area contributed by atoms with Gasteiger partial charge in [0.2, 0.25) is 0 Å². The second-order valence-electron chi connectivity index (χ2n) is 4.49. The average molecular weight is 436 g/mol. The third-order valence-corrected chi connectivity index (χ3v) is 2.77. The molecule has 0 spiro atoms. The van der Waals surface area contributed by atoms with Crippen molar-refractivity contribution >= 4 is 0 Å². The second kappa shape index (κ2) is 5.63. The molecule has 0 saturated heterocycles. The van der Waals surface area contributed by atoms with E-state index in [1.165, 1.54) is 0 Å². The molecule has 0 aromatic carbocycles. The molecular weight excluding hydrogens is 435 g/mol. The molecule has 0 aliphatic heterocycles. The zero-order valence-electron chi connectivity index (χ0n) is 10.9. The van der Waals surface area contributed by atoms with Gasteiger partial charge < -0.3 is 5.11 Å². The summed E-state index contributed by atoms with van der Waals surface area (Å²) in [5, 5.41) is 7.35. The molecule has 1 nitrogen and oxygen atoms in total. The van der Waals surface area contributed by atoms with Crippen molar-refractivity contribution in [2.24, 2.45) is 0 Å². The summed E-state index contributed by atoms with van der Waals surface area (Å²) in [6.07, 6.45) is -23.6. The molecule has 0 unspecified atom stereocenters. The van der Waals surface area contributed by atoms with Crippen LogP contribution in [0, 0.1) is 0 Å². The summed E-state index contributed by atoms with van der Waals surface area (Å²) in [5.41, 5.74) is -8.57. The van der Waals surface area contributed by atoms with Crippen LogP contribution in [-0.4, -0.2) is 52.9 Å². The van der Waals surface area contributed by atoms with E-state index in [-0.39, 0.29) is 0 Å². The summed E-state index contributed by atoms with van der Waals surface area (Å²) in [7, 11) is 0. The van der Waals surface area contributed by atoms with E-state index in [1.807, 2.05) is 0 Å². The van der Waals surface area contributed by atoms with Gasteiger partial charge in [0.05, 0.1) is 0 Å². The van der Waals surface area contributed by atoms with Crippen molar-refractivity contribution in [3.8, 4) is 0 Å². The summed E-state index contributed by atoms with van der Waals surface area (Å²) in [5.74, 6) is -34.1. The van der Waals surface area contributed by atoms with Crippen molar-refractivity contribution < 1.29 is 79.7 Å². The average Bonchev–Trinajstić information content (AvgIpc) is 2.32. The standard InChI is InChI=1S/C8HF17O/c9-1(6(18,19)20,7(21,22)23)2(10,11)3(12,13)4(14,15)5(16,17)8(24,25)26/h26H. The molecule has 0 radical (unpaired) electrons. The van der Waals surface area contributed by atoms with Gasteiger partial charge in [-0.3, -0.25) is 0 Å². The zero-order valence-corrected chi connectivity index (χ0v) is 10.9. The summed E-state index contributed by atoms with van der Waals surface area (Å²) < 4.78 is 211. The van der Waals surface area contributed by atoms with Crippen LogP contribution in [0.5, 0.6) is 0 Å². The van der Waals surface area contributed by atoms with Crippen LogP contribution in [-0.2, 0) is 0 Å². The first-order valence-corrected chi connectivity index (χ1v) is 5.19. The first kappa shape index (κ1) is 24.8. The Kier molecular flexibility index (Phi) is 5.37. The minimum Gasteiger partial charge on any atom is -0.331 e. The Bertz CT molecular complexity index is 504. The number of alkyl halides is 17. The van der Waals surface area contributed by atoms with Gasteiger partial charge in [-0.2, -0.15) is 70.2 Å². The van der Waals surface area contributed by atoms with Gasteiger partial charge in [0, 0.05) is 0 Å². The molecule has 0 atom stereocenters. The van der Waals surface area contributed by atoms with E-state index < -0.39 is 47.8 Å². The molecule has 1 N–H and O–H groups in total. The van der Waals surface area contributed by atoms with Crippen LogP contribution in [0.2, 0.25) is 0 Å². The molecule has 0 fully saturated rings. The maximum absolute atomic E-state index is 13.0. The highest BCUT2D eigenvalue weighted by Crippen LogP contribution is 2.64. The molecule has 0 aliphatic carbocycles. The molecule has 0 aliphatic rings. The predicted molar refractivity (Wildman–Crippen MR) is 42.9 cm³/mol. The Morgan fingerprint density at radius 1 is 0.346 bits per heavy atom. The Labute approximate surface area is 129 Å². The second-order valence-corrected chi connectivity index (χ2v) is 4.49. The highest BCUT2D eigenvalue weighted by atomic mass is 19.4. The highest BCUT2D eigenvalue weighted by molar-refractivity contribution is 5.17. The molecule has 0 amide bonds. The van der Waals surface area contributed by atoms with Crippen LogP contribution in [0.3, 0.4) is 0 Å². The normalized spacial score (nSPS) is 16.8. The minimum absolute atomic E-state index is 7.34. The van der Waals surface area contributed by atoms with E-state index in [0.29, 0.717) is 0 Å². The van der Waals surface area contributed by atoms with Gasteiger partial charge in [0.25, 0.3) is 0 Å². The Balaban J connectivity index is 6.86. The molecule has 0 heterocycles. The first-order chi connectivity index (χ1) is 10.8. The molecule has 0 aromatic heterocycles. The SMILES string of the molecule is OC(F)(F)C(F)(F)C(F)(F)C(F)(F)C(F)(F)C(F)(C(F)(F)F)C(F)(F)F. The van der Waals surface area contributed by atoms with Crippen molar-refractivity contribution in [2.75, 3.05) is 0 Å². The fraction of sp³-hybridized carbons (Fsp3) is 1.00. The lowest BCUT2D eigenvalue weighted by atomic mass is 9.85. The third-order valence-electron chi connectivity index (χ3n) is 2.77. The fourth-order valence-corrected chi connectivity index (χ4v) is 1.32. The van der Waals surface area contributed by atoms with Crippen LogP contribution < -0.4 is 0 Å². The number of hydrogen-bond acceptors (Lipinski definition) is 1. The number of halogens is 17. The lowest BCUT2D eigenvalue weighted by molar-refractivity contribution is -0.477. The monoisotopic (exact) mass is 436 g/mol. The van der Waals surface area contributed by atoms with Crippen molar-refractivity contribution in [1.29, 1.82) is 0 Å². The van der Waals surface area contributed by atoms with Crippen LogP contribution in [0.25, 0.3) is 0 Å². The van der Waals surface area contributed by atoms with Crippen LogP contribution in [0.4, 0.5) is 74.6 Å². The van der Waals surface area contributed by atoms with Gasteiger partial charge in [-0.25, -0.2) is 4.39 Å². The topological polar surface area (TPSA) is 20.2 Å². The van der Waals surface area contributed by atoms with E-state index in [0.717, 1.165) is 0 Å².